The van der Waals surface area contributed by atoms with Gasteiger partial charge >= 0.3 is 0 Å². The fraction of sp³-hybridized carbons (Fsp3) is 0.682. The smallest absolute Gasteiger partial charge is 0.216 e. The zero-order valence-electron chi connectivity index (χ0n) is 17.0. The third kappa shape index (κ3) is 4.89. The predicted molar refractivity (Wildman–Crippen MR) is 107 cm³/mol. The molecule has 1 saturated heterocycles. The average molecular weight is 375 g/mol. The minimum atomic E-state index is -0.364. The van der Waals surface area contributed by atoms with Gasteiger partial charge in [0.25, 0.3) is 0 Å². The molecule has 2 fully saturated rings. The molecule has 0 unspecified atom stereocenters. The highest BCUT2D eigenvalue weighted by atomic mass is 16.7. The van der Waals surface area contributed by atoms with E-state index in [1.807, 2.05) is 0 Å². The van der Waals surface area contributed by atoms with E-state index in [0.717, 1.165) is 38.6 Å². The van der Waals surface area contributed by atoms with Crippen molar-refractivity contribution in [1.82, 2.24) is 10.6 Å². The van der Waals surface area contributed by atoms with Gasteiger partial charge in [0.2, 0.25) is 5.91 Å². The summed E-state index contributed by atoms with van der Waals surface area (Å²) < 4.78 is 11.9. The monoisotopic (exact) mass is 374 g/mol. The maximum Gasteiger partial charge on any atom is 0.216 e. The van der Waals surface area contributed by atoms with Gasteiger partial charge in [0.15, 0.2) is 5.79 Å². The number of rotatable bonds is 7. The molecule has 1 aliphatic heterocycles. The lowest BCUT2D eigenvalue weighted by Gasteiger charge is -2.45. The molecule has 3 rings (SSSR count). The summed E-state index contributed by atoms with van der Waals surface area (Å²) in [6, 6.07) is 9.01. The first-order valence-corrected chi connectivity index (χ1v) is 10.3. The number of hydrogen-bond donors (Lipinski definition) is 2. The predicted octanol–water partition coefficient (Wildman–Crippen LogP) is 3.44. The van der Waals surface area contributed by atoms with Crippen LogP contribution in [0.15, 0.2) is 24.3 Å². The summed E-state index contributed by atoms with van der Waals surface area (Å²) >= 11 is 0. The normalized spacial score (nSPS) is 20.9. The largest absolute Gasteiger partial charge is 0.356 e. The molecule has 0 aromatic heterocycles. The minimum Gasteiger partial charge on any atom is -0.356 e. The molecular formula is C22H34N2O3. The Labute approximate surface area is 163 Å². The second kappa shape index (κ2) is 8.72. The lowest BCUT2D eigenvalue weighted by molar-refractivity contribution is -0.187. The third-order valence-corrected chi connectivity index (χ3v) is 5.98. The van der Waals surface area contributed by atoms with E-state index in [1.165, 1.54) is 11.1 Å². The lowest BCUT2D eigenvalue weighted by atomic mass is 9.73. The summed E-state index contributed by atoms with van der Waals surface area (Å²) in [5.41, 5.74) is 2.68. The van der Waals surface area contributed by atoms with Crippen molar-refractivity contribution in [2.24, 2.45) is 0 Å². The van der Waals surface area contributed by atoms with Crippen molar-refractivity contribution in [3.8, 4) is 0 Å². The second-order valence-electron chi connectivity index (χ2n) is 8.23. The van der Waals surface area contributed by atoms with Crippen LogP contribution in [0.4, 0.5) is 0 Å². The quantitative estimate of drug-likeness (QED) is 0.718. The highest BCUT2D eigenvalue weighted by Crippen LogP contribution is 2.45. The van der Waals surface area contributed by atoms with Crippen LogP contribution >= 0.6 is 0 Å². The maximum absolute atomic E-state index is 11.1. The molecule has 2 N–H and O–H groups in total. The van der Waals surface area contributed by atoms with Gasteiger partial charge in [0, 0.05) is 31.8 Å². The van der Waals surface area contributed by atoms with Gasteiger partial charge in [-0.3, -0.25) is 4.79 Å². The Morgan fingerprint density at radius 2 is 1.81 bits per heavy atom. The van der Waals surface area contributed by atoms with Gasteiger partial charge in [-0.25, -0.2) is 0 Å². The van der Waals surface area contributed by atoms with Crippen LogP contribution in [0, 0.1) is 0 Å². The zero-order valence-corrected chi connectivity index (χ0v) is 17.0. The number of carbonyl (C=O) groups is 1. The van der Waals surface area contributed by atoms with E-state index in [9.17, 15) is 4.79 Å². The molecule has 5 nitrogen and oxygen atoms in total. The number of hydrogen-bond acceptors (Lipinski definition) is 4. The van der Waals surface area contributed by atoms with Crippen molar-refractivity contribution in [2.45, 2.75) is 70.1 Å². The Balaban J connectivity index is 1.73. The van der Waals surface area contributed by atoms with Crippen molar-refractivity contribution in [1.29, 1.82) is 0 Å². The maximum atomic E-state index is 11.1. The Hall–Kier alpha value is -1.43. The summed E-state index contributed by atoms with van der Waals surface area (Å²) in [4.78, 5) is 11.1. The molecular weight excluding hydrogens is 340 g/mol. The second-order valence-corrected chi connectivity index (χ2v) is 8.23. The SMILES string of the molecule is CC(=O)NCCCNC1(c2cccc(C(C)C)c2)CCC2(CC1)OCCO2. The van der Waals surface area contributed by atoms with Crippen molar-refractivity contribution >= 4 is 5.91 Å². The average Bonchev–Trinajstić information content (AvgIpc) is 3.11. The molecule has 1 spiro atoms. The van der Waals surface area contributed by atoms with E-state index in [0.29, 0.717) is 25.7 Å². The summed E-state index contributed by atoms with van der Waals surface area (Å²) in [6.07, 6.45) is 4.74. The first-order valence-electron chi connectivity index (χ1n) is 10.3. The zero-order chi connectivity index (χ0) is 19.3. The fourth-order valence-corrected chi connectivity index (χ4v) is 4.29. The molecule has 1 amide bonds. The molecule has 5 heteroatoms. The molecule has 1 aromatic carbocycles. The van der Waals surface area contributed by atoms with Crippen molar-refractivity contribution in [3.63, 3.8) is 0 Å². The van der Waals surface area contributed by atoms with E-state index in [1.54, 1.807) is 6.92 Å². The molecule has 2 aliphatic rings. The van der Waals surface area contributed by atoms with E-state index in [2.05, 4.69) is 48.7 Å². The first kappa shape index (κ1) is 20.3. The van der Waals surface area contributed by atoms with Crippen LogP contribution in [0.3, 0.4) is 0 Å². The molecule has 0 bridgehead atoms. The number of ether oxygens (including phenoxy) is 2. The summed E-state index contributed by atoms with van der Waals surface area (Å²) in [5.74, 6) is 0.180. The van der Waals surface area contributed by atoms with E-state index >= 15 is 0 Å². The van der Waals surface area contributed by atoms with Gasteiger partial charge in [-0.05, 0) is 42.9 Å². The first-order chi connectivity index (χ1) is 12.9. The molecule has 27 heavy (non-hydrogen) atoms. The summed E-state index contributed by atoms with van der Waals surface area (Å²) in [5, 5.41) is 6.72. The Morgan fingerprint density at radius 3 is 2.44 bits per heavy atom. The Kier molecular flexibility index (Phi) is 6.56. The Bertz CT molecular complexity index is 628. The molecule has 0 radical (unpaired) electrons. The highest BCUT2D eigenvalue weighted by molar-refractivity contribution is 5.72. The van der Waals surface area contributed by atoms with Crippen LogP contribution in [-0.2, 0) is 19.8 Å². The van der Waals surface area contributed by atoms with E-state index in [-0.39, 0.29) is 17.2 Å². The molecule has 1 heterocycles. The molecule has 150 valence electrons. The number of nitrogens with one attached hydrogen (secondary N) is 2. The highest BCUT2D eigenvalue weighted by Gasteiger charge is 2.46. The van der Waals surface area contributed by atoms with Gasteiger partial charge in [0.1, 0.15) is 0 Å². The van der Waals surface area contributed by atoms with Crippen LogP contribution in [-0.4, -0.2) is 38.0 Å². The topological polar surface area (TPSA) is 59.6 Å². The van der Waals surface area contributed by atoms with Crippen LogP contribution in [0.25, 0.3) is 0 Å². The van der Waals surface area contributed by atoms with Gasteiger partial charge < -0.3 is 20.1 Å². The molecule has 1 saturated carbocycles. The van der Waals surface area contributed by atoms with Crippen molar-refractivity contribution in [2.75, 3.05) is 26.3 Å². The van der Waals surface area contributed by atoms with E-state index < -0.39 is 0 Å². The van der Waals surface area contributed by atoms with Gasteiger partial charge in [-0.15, -0.1) is 0 Å². The molecule has 1 aromatic rings. The number of carbonyl (C=O) groups excluding carboxylic acids is 1. The van der Waals surface area contributed by atoms with Crippen LogP contribution in [0.1, 0.15) is 69.9 Å². The summed E-state index contributed by atoms with van der Waals surface area (Å²) in [7, 11) is 0. The van der Waals surface area contributed by atoms with Crippen molar-refractivity contribution in [3.05, 3.63) is 35.4 Å². The van der Waals surface area contributed by atoms with Crippen LogP contribution < -0.4 is 10.6 Å². The van der Waals surface area contributed by atoms with Crippen molar-refractivity contribution < 1.29 is 14.3 Å². The minimum absolute atomic E-state index is 0.0319. The fourth-order valence-electron chi connectivity index (χ4n) is 4.29. The molecule has 0 atom stereocenters. The third-order valence-electron chi connectivity index (χ3n) is 5.98. The standard InChI is InChI=1S/C22H34N2O3/c1-17(2)19-6-4-7-20(16-19)21(24-13-5-12-23-18(3)25)8-10-22(11-9-21)26-14-15-27-22/h4,6-7,16-17,24H,5,8-15H2,1-3H3,(H,23,25). The lowest BCUT2D eigenvalue weighted by Crippen LogP contribution is -2.50. The molecule has 1 aliphatic carbocycles. The van der Waals surface area contributed by atoms with Gasteiger partial charge in [0.05, 0.1) is 13.2 Å². The van der Waals surface area contributed by atoms with E-state index in [4.69, 9.17) is 9.47 Å². The number of benzene rings is 1. The van der Waals surface area contributed by atoms with Gasteiger partial charge in [-0.1, -0.05) is 38.1 Å². The Morgan fingerprint density at radius 1 is 1.11 bits per heavy atom. The summed E-state index contributed by atoms with van der Waals surface area (Å²) in [6.45, 7) is 9.04. The van der Waals surface area contributed by atoms with Crippen LogP contribution in [0.2, 0.25) is 0 Å². The van der Waals surface area contributed by atoms with Crippen LogP contribution in [0.5, 0.6) is 0 Å². The number of amides is 1. The van der Waals surface area contributed by atoms with Gasteiger partial charge in [-0.2, -0.15) is 0 Å².